The van der Waals surface area contributed by atoms with Gasteiger partial charge in [0.2, 0.25) is 10.0 Å². The van der Waals surface area contributed by atoms with Crippen LogP contribution >= 0.6 is 0 Å². The number of sulfonamides is 1. The molecule has 1 atom stereocenters. The Kier molecular flexibility index (Phi) is 4.99. The lowest BCUT2D eigenvalue weighted by Gasteiger charge is -2.13. The van der Waals surface area contributed by atoms with Crippen LogP contribution in [-0.4, -0.2) is 26.2 Å². The van der Waals surface area contributed by atoms with Crippen molar-refractivity contribution in [1.29, 1.82) is 0 Å². The lowest BCUT2D eigenvalue weighted by molar-refractivity contribution is 0.305. The maximum atomic E-state index is 13.9. The van der Waals surface area contributed by atoms with E-state index in [2.05, 4.69) is 16.6 Å². The third kappa shape index (κ3) is 4.27. The Morgan fingerprint density at radius 2 is 2.19 bits per heavy atom. The number of benzene rings is 1. The molecule has 21 heavy (non-hydrogen) atoms. The van der Waals surface area contributed by atoms with E-state index < -0.39 is 15.8 Å². The quantitative estimate of drug-likeness (QED) is 0.812. The average Bonchev–Trinajstić information content (AvgIpc) is 3.24. The summed E-state index contributed by atoms with van der Waals surface area (Å²) in [6.45, 7) is 1.73. The van der Waals surface area contributed by atoms with Crippen molar-refractivity contribution in [3.63, 3.8) is 0 Å². The molecule has 2 N–H and O–H groups in total. The molecule has 0 saturated heterocycles. The minimum atomic E-state index is -3.71. The van der Waals surface area contributed by atoms with E-state index in [1.165, 1.54) is 12.1 Å². The molecule has 0 radical (unpaired) electrons. The second-order valence-electron chi connectivity index (χ2n) is 5.16. The first-order valence-electron chi connectivity index (χ1n) is 6.85. The van der Waals surface area contributed by atoms with Gasteiger partial charge >= 0.3 is 0 Å². The zero-order chi connectivity index (χ0) is 15.5. The summed E-state index contributed by atoms with van der Waals surface area (Å²) in [5.41, 5.74) is 0.123. The Morgan fingerprint density at radius 1 is 1.48 bits per heavy atom. The maximum Gasteiger partial charge on any atom is 0.240 e. The Morgan fingerprint density at radius 3 is 2.76 bits per heavy atom. The predicted molar refractivity (Wildman–Crippen MR) is 77.5 cm³/mol. The van der Waals surface area contributed by atoms with Crippen LogP contribution in [0.4, 0.5) is 4.39 Å². The Balaban J connectivity index is 2.17. The summed E-state index contributed by atoms with van der Waals surface area (Å²) in [6.07, 6.45) is 2.30. The molecular weight excluding hydrogens is 293 g/mol. The van der Waals surface area contributed by atoms with Gasteiger partial charge in [0.1, 0.15) is 5.82 Å². The number of hydrogen-bond acceptors (Lipinski definition) is 3. The van der Waals surface area contributed by atoms with Crippen LogP contribution in [0, 0.1) is 23.6 Å². The van der Waals surface area contributed by atoms with Gasteiger partial charge in [0.15, 0.2) is 0 Å². The highest BCUT2D eigenvalue weighted by atomic mass is 32.2. The number of rotatable bonds is 5. The molecule has 6 heteroatoms. The third-order valence-corrected chi connectivity index (χ3v) is 4.94. The van der Waals surface area contributed by atoms with Crippen LogP contribution in [0.3, 0.4) is 0 Å². The van der Waals surface area contributed by atoms with Crippen molar-refractivity contribution in [2.75, 3.05) is 6.61 Å². The molecule has 1 aliphatic carbocycles. The summed E-state index contributed by atoms with van der Waals surface area (Å²) in [6, 6.07) is 3.52. The topological polar surface area (TPSA) is 66.4 Å². The summed E-state index contributed by atoms with van der Waals surface area (Å²) in [5.74, 6) is 4.87. The zero-order valence-corrected chi connectivity index (χ0v) is 12.6. The van der Waals surface area contributed by atoms with Crippen LogP contribution in [0.15, 0.2) is 23.1 Å². The van der Waals surface area contributed by atoms with Crippen LogP contribution in [-0.2, 0) is 10.0 Å². The van der Waals surface area contributed by atoms with Gasteiger partial charge < -0.3 is 5.11 Å². The number of halogens is 1. The molecule has 0 bridgehead atoms. The van der Waals surface area contributed by atoms with Gasteiger partial charge in [-0.2, -0.15) is 0 Å². The van der Waals surface area contributed by atoms with Gasteiger partial charge in [-0.1, -0.05) is 11.8 Å². The summed E-state index contributed by atoms with van der Waals surface area (Å²) in [4.78, 5) is -0.0970. The van der Waals surface area contributed by atoms with Crippen LogP contribution in [0.2, 0.25) is 0 Å². The first kappa shape index (κ1) is 16.0. The number of hydrogen-bond donors (Lipinski definition) is 2. The Hall–Kier alpha value is -1.42. The van der Waals surface area contributed by atoms with Gasteiger partial charge in [0, 0.05) is 12.5 Å². The SMILES string of the molecule is CC(NS(=O)(=O)c1ccc(C#CCCO)c(F)c1)C1CC1. The first-order valence-corrected chi connectivity index (χ1v) is 8.34. The second kappa shape index (κ2) is 6.56. The lowest BCUT2D eigenvalue weighted by atomic mass is 10.2. The van der Waals surface area contributed by atoms with Crippen molar-refractivity contribution in [2.45, 2.75) is 37.1 Å². The first-order chi connectivity index (χ1) is 9.94. The van der Waals surface area contributed by atoms with Crippen LogP contribution in [0.25, 0.3) is 0 Å². The van der Waals surface area contributed by atoms with E-state index in [0.717, 1.165) is 18.9 Å². The highest BCUT2D eigenvalue weighted by Gasteiger charge is 2.31. The van der Waals surface area contributed by atoms with E-state index in [1.54, 1.807) is 0 Å². The summed E-state index contributed by atoms with van der Waals surface area (Å²) in [7, 11) is -3.71. The number of nitrogens with one attached hydrogen (secondary N) is 1. The molecule has 4 nitrogen and oxygen atoms in total. The standard InChI is InChI=1S/C15H18FNO3S/c1-11(12-5-6-12)17-21(19,20)14-8-7-13(15(16)10-14)4-2-3-9-18/h7-8,10-12,17-18H,3,5-6,9H2,1H3. The fourth-order valence-electron chi connectivity index (χ4n) is 1.98. The maximum absolute atomic E-state index is 13.9. The van der Waals surface area contributed by atoms with E-state index in [4.69, 9.17) is 5.11 Å². The fraction of sp³-hybridized carbons (Fsp3) is 0.467. The molecular formula is C15H18FNO3S. The minimum Gasteiger partial charge on any atom is -0.395 e. The molecule has 0 spiro atoms. The van der Waals surface area contributed by atoms with E-state index in [9.17, 15) is 12.8 Å². The minimum absolute atomic E-state index is 0.0932. The largest absolute Gasteiger partial charge is 0.395 e. The smallest absolute Gasteiger partial charge is 0.240 e. The molecule has 1 unspecified atom stereocenters. The van der Waals surface area contributed by atoms with E-state index in [0.29, 0.717) is 5.92 Å². The van der Waals surface area contributed by atoms with Crippen molar-refractivity contribution in [3.8, 4) is 11.8 Å². The van der Waals surface area contributed by atoms with Crippen LogP contribution < -0.4 is 4.72 Å². The molecule has 114 valence electrons. The summed E-state index contributed by atoms with van der Waals surface area (Å²) < 4.78 is 40.7. The summed E-state index contributed by atoms with van der Waals surface area (Å²) >= 11 is 0. The van der Waals surface area contributed by atoms with Crippen LogP contribution in [0.1, 0.15) is 31.7 Å². The molecule has 1 fully saturated rings. The fourth-order valence-corrected chi connectivity index (χ4v) is 3.31. The molecule has 0 amide bonds. The van der Waals surface area contributed by atoms with Crippen molar-refractivity contribution < 1.29 is 17.9 Å². The normalized spacial score (nSPS) is 16.1. The van der Waals surface area contributed by atoms with E-state index in [-0.39, 0.29) is 29.5 Å². The highest BCUT2D eigenvalue weighted by molar-refractivity contribution is 7.89. The molecule has 1 aliphatic rings. The molecule has 0 aromatic heterocycles. The molecule has 0 heterocycles. The monoisotopic (exact) mass is 311 g/mol. The second-order valence-corrected chi connectivity index (χ2v) is 6.88. The summed E-state index contributed by atoms with van der Waals surface area (Å²) in [5, 5.41) is 8.61. The van der Waals surface area contributed by atoms with Gasteiger partial charge in [-0.15, -0.1) is 0 Å². The zero-order valence-electron chi connectivity index (χ0n) is 11.8. The molecule has 1 aromatic rings. The molecule has 0 aliphatic heterocycles. The van der Waals surface area contributed by atoms with Gasteiger partial charge in [-0.3, -0.25) is 0 Å². The highest BCUT2D eigenvalue weighted by Crippen LogP contribution is 2.33. The van der Waals surface area contributed by atoms with Gasteiger partial charge in [-0.25, -0.2) is 17.5 Å². The Labute approximate surface area is 124 Å². The van der Waals surface area contributed by atoms with E-state index >= 15 is 0 Å². The molecule has 1 saturated carbocycles. The van der Waals surface area contributed by atoms with E-state index in [1.807, 2.05) is 6.92 Å². The average molecular weight is 311 g/mol. The van der Waals surface area contributed by atoms with Crippen molar-refractivity contribution in [1.82, 2.24) is 4.72 Å². The van der Waals surface area contributed by atoms with Crippen molar-refractivity contribution >= 4 is 10.0 Å². The molecule has 2 rings (SSSR count). The van der Waals surface area contributed by atoms with Gasteiger partial charge in [0.05, 0.1) is 17.1 Å². The predicted octanol–water partition coefficient (Wildman–Crippen LogP) is 1.64. The Bertz CT molecular complexity index is 672. The third-order valence-electron chi connectivity index (χ3n) is 3.38. The van der Waals surface area contributed by atoms with Crippen LogP contribution in [0.5, 0.6) is 0 Å². The molecule has 1 aromatic carbocycles. The number of aliphatic hydroxyl groups excluding tert-OH is 1. The number of aliphatic hydroxyl groups is 1. The van der Waals surface area contributed by atoms with Crippen molar-refractivity contribution in [2.24, 2.45) is 5.92 Å². The van der Waals surface area contributed by atoms with Gasteiger partial charge in [0.25, 0.3) is 0 Å². The van der Waals surface area contributed by atoms with Crippen molar-refractivity contribution in [3.05, 3.63) is 29.6 Å². The lowest BCUT2D eigenvalue weighted by Crippen LogP contribution is -2.34. The van der Waals surface area contributed by atoms with Gasteiger partial charge in [-0.05, 0) is 43.9 Å².